The Morgan fingerprint density at radius 1 is 1.29 bits per heavy atom. The van der Waals surface area contributed by atoms with Gasteiger partial charge in [-0.2, -0.15) is 4.99 Å². The Morgan fingerprint density at radius 2 is 1.93 bits per heavy atom. The van der Waals surface area contributed by atoms with Crippen LogP contribution in [0.15, 0.2) is 29.3 Å². The Kier molecular flexibility index (Phi) is 5.68. The van der Waals surface area contributed by atoms with Crippen molar-refractivity contribution in [1.29, 1.82) is 0 Å². The molecule has 0 radical (unpaired) electrons. The van der Waals surface area contributed by atoms with Gasteiger partial charge in [0.25, 0.3) is 0 Å². The summed E-state index contributed by atoms with van der Waals surface area (Å²) < 4.78 is 65.0. The lowest BCUT2D eigenvalue weighted by Gasteiger charge is -2.24. The van der Waals surface area contributed by atoms with Crippen molar-refractivity contribution in [3.63, 3.8) is 0 Å². The molecule has 2 heterocycles. The molecule has 2 aliphatic heterocycles. The van der Waals surface area contributed by atoms with E-state index in [1.165, 1.54) is 23.9 Å². The molecule has 0 saturated carbocycles. The average Bonchev–Trinajstić information content (AvgIpc) is 2.96. The van der Waals surface area contributed by atoms with Gasteiger partial charge in [-0.25, -0.2) is 8.42 Å². The van der Waals surface area contributed by atoms with Crippen molar-refractivity contribution in [1.82, 2.24) is 0 Å². The zero-order valence-electron chi connectivity index (χ0n) is 15.1. The highest BCUT2D eigenvalue weighted by Crippen LogP contribution is 2.41. The number of carbonyl (C=O) groups is 1. The summed E-state index contributed by atoms with van der Waals surface area (Å²) in [6, 6.07) is 4.68. The van der Waals surface area contributed by atoms with Gasteiger partial charge in [-0.05, 0) is 30.2 Å². The van der Waals surface area contributed by atoms with Crippen LogP contribution in [0.1, 0.15) is 20.3 Å². The quantitative estimate of drug-likeness (QED) is 0.721. The molecule has 0 unspecified atom stereocenters. The first kappa shape index (κ1) is 21.0. The van der Waals surface area contributed by atoms with Crippen LogP contribution in [0.4, 0.5) is 18.9 Å². The number of hydrogen-bond donors (Lipinski definition) is 0. The fourth-order valence-electron chi connectivity index (χ4n) is 3.18. The Morgan fingerprint density at radius 3 is 2.50 bits per heavy atom. The molecule has 1 amide bonds. The van der Waals surface area contributed by atoms with Gasteiger partial charge in [-0.1, -0.05) is 25.6 Å². The molecule has 2 saturated heterocycles. The van der Waals surface area contributed by atoms with Crippen LogP contribution >= 0.6 is 11.8 Å². The molecule has 28 heavy (non-hydrogen) atoms. The summed E-state index contributed by atoms with van der Waals surface area (Å²) in [4.78, 5) is 17.9. The van der Waals surface area contributed by atoms with Gasteiger partial charge in [-0.15, -0.1) is 13.2 Å². The second kappa shape index (κ2) is 7.58. The highest BCUT2D eigenvalue weighted by atomic mass is 32.2. The fourth-order valence-corrected chi connectivity index (χ4v) is 7.11. The predicted molar refractivity (Wildman–Crippen MR) is 101 cm³/mol. The van der Waals surface area contributed by atoms with E-state index in [1.54, 1.807) is 4.90 Å². The number of aliphatic imine (C=N–C) groups is 1. The molecule has 2 fully saturated rings. The fraction of sp³-hybridized carbons (Fsp3) is 0.529. The maximum absolute atomic E-state index is 12.4. The van der Waals surface area contributed by atoms with Gasteiger partial charge < -0.3 is 9.64 Å². The molecule has 0 aromatic heterocycles. The Balaban J connectivity index is 1.90. The molecule has 6 nitrogen and oxygen atoms in total. The molecule has 2 aliphatic rings. The molecular weight excluding hydrogens is 417 g/mol. The second-order valence-corrected chi connectivity index (χ2v) is 10.5. The van der Waals surface area contributed by atoms with Crippen molar-refractivity contribution in [2.45, 2.75) is 37.9 Å². The number of amidine groups is 1. The minimum absolute atomic E-state index is 0.0223. The van der Waals surface area contributed by atoms with E-state index in [0.29, 0.717) is 10.9 Å². The van der Waals surface area contributed by atoms with Crippen molar-refractivity contribution >= 4 is 38.4 Å². The van der Waals surface area contributed by atoms with E-state index < -0.39 is 22.2 Å². The number of hydrogen-bond acceptors (Lipinski definition) is 5. The van der Waals surface area contributed by atoms with Crippen LogP contribution in [-0.2, 0) is 14.6 Å². The van der Waals surface area contributed by atoms with Crippen LogP contribution < -0.4 is 9.64 Å². The summed E-state index contributed by atoms with van der Waals surface area (Å²) in [7, 11) is -3.23. The molecule has 0 aliphatic carbocycles. The third kappa shape index (κ3) is 4.99. The average molecular weight is 436 g/mol. The normalized spacial score (nSPS) is 25.4. The number of alkyl halides is 3. The first-order valence-corrected chi connectivity index (χ1v) is 11.3. The highest BCUT2D eigenvalue weighted by Gasteiger charge is 2.49. The van der Waals surface area contributed by atoms with E-state index in [4.69, 9.17) is 0 Å². The van der Waals surface area contributed by atoms with E-state index >= 15 is 0 Å². The zero-order valence-corrected chi connectivity index (χ0v) is 16.8. The van der Waals surface area contributed by atoms with Gasteiger partial charge in [0, 0.05) is 17.4 Å². The van der Waals surface area contributed by atoms with Gasteiger partial charge in [-0.3, -0.25) is 4.79 Å². The number of carbonyl (C=O) groups excluding carboxylic acids is 1. The molecule has 11 heteroatoms. The van der Waals surface area contributed by atoms with E-state index in [0.717, 1.165) is 12.1 Å². The Bertz CT molecular complexity index is 883. The SMILES string of the molecule is CC(C)CC(=O)N=C1S[C@@H]2CS(=O)(=O)C[C@@H]2N1c1ccc(OC(F)(F)F)cc1. The van der Waals surface area contributed by atoms with E-state index in [1.807, 2.05) is 13.8 Å². The molecule has 2 atom stereocenters. The van der Waals surface area contributed by atoms with E-state index in [-0.39, 0.29) is 40.8 Å². The molecule has 1 aromatic rings. The molecule has 3 rings (SSSR count). The minimum atomic E-state index is -4.80. The monoisotopic (exact) mass is 436 g/mol. The summed E-state index contributed by atoms with van der Waals surface area (Å²) in [5.74, 6) is -0.695. The molecule has 1 aromatic carbocycles. The van der Waals surface area contributed by atoms with Gasteiger partial charge in [0.05, 0.1) is 17.5 Å². The number of amides is 1. The summed E-state index contributed by atoms with van der Waals surface area (Å²) in [6.45, 7) is 3.77. The molecule has 0 N–H and O–H groups in total. The zero-order chi connectivity index (χ0) is 20.7. The van der Waals surface area contributed by atoms with Gasteiger partial charge >= 0.3 is 6.36 Å². The van der Waals surface area contributed by atoms with Crippen molar-refractivity contribution in [3.05, 3.63) is 24.3 Å². The molecule has 0 spiro atoms. The smallest absolute Gasteiger partial charge is 0.406 e. The lowest BCUT2D eigenvalue weighted by atomic mass is 10.1. The van der Waals surface area contributed by atoms with Crippen molar-refractivity contribution < 1.29 is 31.1 Å². The summed E-state index contributed by atoms with van der Waals surface area (Å²) >= 11 is 1.22. The molecule has 154 valence electrons. The van der Waals surface area contributed by atoms with Crippen molar-refractivity contribution in [2.24, 2.45) is 10.9 Å². The second-order valence-electron chi connectivity index (χ2n) is 7.10. The largest absolute Gasteiger partial charge is 0.573 e. The topological polar surface area (TPSA) is 76.0 Å². The van der Waals surface area contributed by atoms with Crippen LogP contribution in [0.2, 0.25) is 0 Å². The number of fused-ring (bicyclic) bond motifs is 1. The number of ether oxygens (including phenoxy) is 1. The molecular formula is C17H19F3N2O4S2. The number of halogens is 3. The number of benzene rings is 1. The Hall–Kier alpha value is -1.75. The van der Waals surface area contributed by atoms with Crippen molar-refractivity contribution in [2.75, 3.05) is 16.4 Å². The number of anilines is 1. The third-order valence-corrected chi connectivity index (χ3v) is 7.43. The van der Waals surface area contributed by atoms with Crippen LogP contribution in [-0.4, -0.2) is 48.7 Å². The molecule has 0 bridgehead atoms. The van der Waals surface area contributed by atoms with Crippen molar-refractivity contribution in [3.8, 4) is 5.75 Å². The number of nitrogens with zero attached hydrogens (tertiary/aromatic N) is 2. The highest BCUT2D eigenvalue weighted by molar-refractivity contribution is 8.16. The van der Waals surface area contributed by atoms with Crippen LogP contribution in [0.5, 0.6) is 5.75 Å². The van der Waals surface area contributed by atoms with Gasteiger partial charge in [0.1, 0.15) is 5.75 Å². The van der Waals surface area contributed by atoms with Gasteiger partial charge in [0.2, 0.25) is 5.91 Å². The summed E-state index contributed by atoms with van der Waals surface area (Å²) in [6.07, 6.45) is -4.55. The van der Waals surface area contributed by atoms with Gasteiger partial charge in [0.15, 0.2) is 15.0 Å². The van der Waals surface area contributed by atoms with Crippen LogP contribution in [0.25, 0.3) is 0 Å². The summed E-state index contributed by atoms with van der Waals surface area (Å²) in [5, 5.41) is 0.0988. The number of sulfone groups is 1. The Labute approximate surface area is 165 Å². The number of rotatable bonds is 4. The van der Waals surface area contributed by atoms with Crippen LogP contribution in [0.3, 0.4) is 0 Å². The van der Waals surface area contributed by atoms with Crippen LogP contribution in [0, 0.1) is 5.92 Å². The number of thioether (sulfide) groups is 1. The lowest BCUT2D eigenvalue weighted by Crippen LogP contribution is -2.37. The predicted octanol–water partition coefficient (Wildman–Crippen LogP) is 3.23. The first-order chi connectivity index (χ1) is 12.9. The first-order valence-electron chi connectivity index (χ1n) is 8.57. The summed E-state index contributed by atoms with van der Waals surface area (Å²) in [5.41, 5.74) is 0.461. The third-order valence-electron chi connectivity index (χ3n) is 4.22. The minimum Gasteiger partial charge on any atom is -0.406 e. The maximum Gasteiger partial charge on any atom is 0.573 e. The van der Waals surface area contributed by atoms with E-state index in [2.05, 4.69) is 9.73 Å². The lowest BCUT2D eigenvalue weighted by molar-refractivity contribution is -0.274. The standard InChI is InChI=1S/C17H19F3N2O4S2/c1-10(2)7-15(23)21-16-22(13-8-28(24,25)9-14(13)27-16)11-3-5-12(6-4-11)26-17(18,19)20/h3-6,10,13-14H,7-9H2,1-2H3/t13-,14+/m0/s1. The van der Waals surface area contributed by atoms with E-state index in [9.17, 15) is 26.4 Å². The maximum atomic E-state index is 12.4.